The summed E-state index contributed by atoms with van der Waals surface area (Å²) >= 11 is 12.0. The molecular formula is C13H17Cl2NO. The van der Waals surface area contributed by atoms with Crippen LogP contribution in [0.5, 0.6) is 0 Å². The Labute approximate surface area is 112 Å². The van der Waals surface area contributed by atoms with Crippen LogP contribution in [0.4, 0.5) is 0 Å². The van der Waals surface area contributed by atoms with Crippen molar-refractivity contribution in [1.29, 1.82) is 0 Å². The number of ether oxygens (including phenoxy) is 1. The van der Waals surface area contributed by atoms with Crippen molar-refractivity contribution < 1.29 is 4.74 Å². The van der Waals surface area contributed by atoms with Crippen molar-refractivity contribution >= 4 is 23.2 Å². The number of benzene rings is 1. The number of nitrogens with one attached hydrogen (secondary N) is 1. The van der Waals surface area contributed by atoms with E-state index in [-0.39, 0.29) is 0 Å². The second kappa shape index (κ2) is 6.60. The molecule has 1 saturated heterocycles. The Hall–Kier alpha value is -0.280. The predicted molar refractivity (Wildman–Crippen MR) is 72.0 cm³/mol. The Morgan fingerprint density at radius 2 is 2.24 bits per heavy atom. The molecular weight excluding hydrogens is 257 g/mol. The molecule has 0 aromatic heterocycles. The van der Waals surface area contributed by atoms with Crippen molar-refractivity contribution in [3.05, 3.63) is 33.8 Å². The molecule has 1 atom stereocenters. The Balaban J connectivity index is 1.77. The zero-order chi connectivity index (χ0) is 12.1. The molecule has 0 spiro atoms. The first-order chi connectivity index (χ1) is 8.25. The standard InChI is InChI=1S/C13H17Cl2NO/c14-11-4-3-10(13(15)8-11)5-6-16-12-2-1-7-17-9-12/h3-4,8,12,16H,1-2,5-7,9H2. The number of rotatable bonds is 4. The van der Waals surface area contributed by atoms with Crippen LogP contribution in [-0.4, -0.2) is 25.8 Å². The lowest BCUT2D eigenvalue weighted by Gasteiger charge is -2.23. The number of hydrogen-bond donors (Lipinski definition) is 1. The second-order valence-corrected chi connectivity index (χ2v) is 5.20. The molecule has 1 aliphatic heterocycles. The van der Waals surface area contributed by atoms with Gasteiger partial charge in [0.15, 0.2) is 0 Å². The van der Waals surface area contributed by atoms with Crippen LogP contribution in [0.3, 0.4) is 0 Å². The maximum atomic E-state index is 6.11. The molecule has 1 heterocycles. The maximum Gasteiger partial charge on any atom is 0.0619 e. The summed E-state index contributed by atoms with van der Waals surface area (Å²) in [5.74, 6) is 0. The molecule has 94 valence electrons. The highest BCUT2D eigenvalue weighted by Gasteiger charge is 2.12. The molecule has 0 bridgehead atoms. The molecule has 2 nitrogen and oxygen atoms in total. The predicted octanol–water partition coefficient (Wildman–Crippen LogP) is 3.30. The van der Waals surface area contributed by atoms with Crippen LogP contribution in [0.25, 0.3) is 0 Å². The summed E-state index contributed by atoms with van der Waals surface area (Å²) in [5, 5.41) is 4.93. The molecule has 1 fully saturated rings. The van der Waals surface area contributed by atoms with Crippen molar-refractivity contribution in [1.82, 2.24) is 5.32 Å². The fourth-order valence-electron chi connectivity index (χ4n) is 2.04. The molecule has 1 aromatic carbocycles. The van der Waals surface area contributed by atoms with E-state index in [9.17, 15) is 0 Å². The van der Waals surface area contributed by atoms with Gasteiger partial charge in [0.1, 0.15) is 0 Å². The third-order valence-corrected chi connectivity index (χ3v) is 3.59. The summed E-state index contributed by atoms with van der Waals surface area (Å²) in [6.07, 6.45) is 3.28. The van der Waals surface area contributed by atoms with Gasteiger partial charge in [0.2, 0.25) is 0 Å². The topological polar surface area (TPSA) is 21.3 Å². The zero-order valence-electron chi connectivity index (χ0n) is 9.72. The van der Waals surface area contributed by atoms with Gasteiger partial charge in [0.25, 0.3) is 0 Å². The minimum Gasteiger partial charge on any atom is -0.380 e. The highest BCUT2D eigenvalue weighted by atomic mass is 35.5. The van der Waals surface area contributed by atoms with E-state index in [1.807, 2.05) is 12.1 Å². The van der Waals surface area contributed by atoms with Gasteiger partial charge in [-0.1, -0.05) is 29.3 Å². The van der Waals surface area contributed by atoms with Crippen LogP contribution >= 0.6 is 23.2 Å². The van der Waals surface area contributed by atoms with Crippen molar-refractivity contribution in [2.45, 2.75) is 25.3 Å². The fraction of sp³-hybridized carbons (Fsp3) is 0.538. The van der Waals surface area contributed by atoms with E-state index in [1.54, 1.807) is 6.07 Å². The van der Waals surface area contributed by atoms with Crippen LogP contribution < -0.4 is 5.32 Å². The van der Waals surface area contributed by atoms with Crippen LogP contribution in [0.2, 0.25) is 10.0 Å². The Morgan fingerprint density at radius 3 is 2.94 bits per heavy atom. The summed E-state index contributed by atoms with van der Waals surface area (Å²) in [7, 11) is 0. The van der Waals surface area contributed by atoms with Crippen molar-refractivity contribution in [3.8, 4) is 0 Å². The largest absolute Gasteiger partial charge is 0.380 e. The quantitative estimate of drug-likeness (QED) is 0.909. The third kappa shape index (κ3) is 4.14. The van der Waals surface area contributed by atoms with Gasteiger partial charge in [-0.3, -0.25) is 0 Å². The van der Waals surface area contributed by atoms with Crippen molar-refractivity contribution in [3.63, 3.8) is 0 Å². The van der Waals surface area contributed by atoms with Gasteiger partial charge in [-0.25, -0.2) is 0 Å². The van der Waals surface area contributed by atoms with Crippen LogP contribution in [0, 0.1) is 0 Å². The average Bonchev–Trinajstić information content (AvgIpc) is 2.33. The summed E-state index contributed by atoms with van der Waals surface area (Å²) in [5.41, 5.74) is 1.14. The number of hydrogen-bond acceptors (Lipinski definition) is 2. The van der Waals surface area contributed by atoms with E-state index in [0.29, 0.717) is 11.1 Å². The Morgan fingerprint density at radius 1 is 1.35 bits per heavy atom. The first-order valence-corrected chi connectivity index (χ1v) is 6.76. The molecule has 1 unspecified atom stereocenters. The first kappa shape index (κ1) is 13.2. The average molecular weight is 274 g/mol. The minimum atomic E-state index is 0.495. The summed E-state index contributed by atoms with van der Waals surface area (Å²) in [6.45, 7) is 2.66. The Kier molecular flexibility index (Phi) is 5.11. The zero-order valence-corrected chi connectivity index (χ0v) is 11.2. The summed E-state index contributed by atoms with van der Waals surface area (Å²) in [4.78, 5) is 0. The lowest BCUT2D eigenvalue weighted by molar-refractivity contribution is 0.0707. The third-order valence-electron chi connectivity index (χ3n) is 3.00. The minimum absolute atomic E-state index is 0.495. The molecule has 1 aliphatic rings. The molecule has 2 rings (SSSR count). The number of halogens is 2. The smallest absolute Gasteiger partial charge is 0.0619 e. The maximum absolute atomic E-state index is 6.11. The summed E-state index contributed by atoms with van der Waals surface area (Å²) < 4.78 is 5.42. The lowest BCUT2D eigenvalue weighted by Crippen LogP contribution is -2.37. The van der Waals surface area contributed by atoms with E-state index in [0.717, 1.165) is 43.2 Å². The molecule has 0 radical (unpaired) electrons. The van der Waals surface area contributed by atoms with Crippen LogP contribution in [0.1, 0.15) is 18.4 Å². The van der Waals surface area contributed by atoms with Crippen LogP contribution in [-0.2, 0) is 11.2 Å². The molecule has 1 aromatic rings. The van der Waals surface area contributed by atoms with Crippen molar-refractivity contribution in [2.75, 3.05) is 19.8 Å². The van der Waals surface area contributed by atoms with E-state index in [4.69, 9.17) is 27.9 Å². The van der Waals surface area contributed by atoms with Crippen molar-refractivity contribution in [2.24, 2.45) is 0 Å². The highest BCUT2D eigenvalue weighted by Crippen LogP contribution is 2.21. The molecule has 0 amide bonds. The molecule has 17 heavy (non-hydrogen) atoms. The monoisotopic (exact) mass is 273 g/mol. The SMILES string of the molecule is Clc1ccc(CCNC2CCCOC2)c(Cl)c1. The fourth-order valence-corrected chi connectivity index (χ4v) is 2.54. The normalized spacial score (nSPS) is 20.5. The van der Waals surface area contributed by atoms with E-state index >= 15 is 0 Å². The van der Waals surface area contributed by atoms with Crippen LogP contribution in [0.15, 0.2) is 18.2 Å². The first-order valence-electron chi connectivity index (χ1n) is 6.01. The highest BCUT2D eigenvalue weighted by molar-refractivity contribution is 6.35. The van der Waals surface area contributed by atoms with Gasteiger partial charge in [-0.15, -0.1) is 0 Å². The van der Waals surface area contributed by atoms with Gasteiger partial charge < -0.3 is 10.1 Å². The van der Waals surface area contributed by atoms with Gasteiger partial charge >= 0.3 is 0 Å². The van der Waals surface area contributed by atoms with E-state index < -0.39 is 0 Å². The molecule has 0 aliphatic carbocycles. The van der Waals surface area contributed by atoms with E-state index in [1.165, 1.54) is 6.42 Å². The second-order valence-electron chi connectivity index (χ2n) is 4.35. The molecule has 0 saturated carbocycles. The van der Waals surface area contributed by atoms with E-state index in [2.05, 4.69) is 5.32 Å². The summed E-state index contributed by atoms with van der Waals surface area (Å²) in [6, 6.07) is 6.16. The van der Waals surface area contributed by atoms with Gasteiger partial charge in [-0.05, 0) is 43.5 Å². The Bertz CT molecular complexity index is 364. The molecule has 4 heteroatoms. The van der Waals surface area contributed by atoms with Gasteiger partial charge in [-0.2, -0.15) is 0 Å². The molecule has 1 N–H and O–H groups in total. The van der Waals surface area contributed by atoms with Gasteiger partial charge in [0, 0.05) is 22.7 Å². The van der Waals surface area contributed by atoms with Gasteiger partial charge in [0.05, 0.1) is 6.61 Å². The lowest BCUT2D eigenvalue weighted by atomic mass is 10.1.